The second-order valence-electron chi connectivity index (χ2n) is 3.88. The minimum atomic E-state index is 0.303. The molecule has 2 fully saturated rings. The van der Waals surface area contributed by atoms with E-state index in [2.05, 4.69) is 0 Å². The molecule has 0 radical (unpaired) electrons. The van der Waals surface area contributed by atoms with Gasteiger partial charge in [-0.2, -0.15) is 0 Å². The first-order chi connectivity index (χ1) is 5.25. The summed E-state index contributed by atoms with van der Waals surface area (Å²) in [5.41, 5.74) is 0.303. The van der Waals surface area contributed by atoms with E-state index >= 15 is 0 Å². The molecule has 1 spiro atoms. The predicted octanol–water partition coefficient (Wildman–Crippen LogP) is 1.55. The molecule has 1 amide bonds. The number of amides is 1. The molecule has 1 aliphatic heterocycles. The van der Waals surface area contributed by atoms with Crippen LogP contribution in [0.1, 0.15) is 38.5 Å². The van der Waals surface area contributed by atoms with Gasteiger partial charge in [0.05, 0.1) is 0 Å². The first kappa shape index (κ1) is 7.14. The normalized spacial score (nSPS) is 28.8. The lowest BCUT2D eigenvalue weighted by Gasteiger charge is -2.31. The number of nitrogens with zero attached hydrogens (tertiary/aromatic N) is 1. The van der Waals surface area contributed by atoms with E-state index in [4.69, 9.17) is 0 Å². The Bertz CT molecular complexity index is 182. The van der Waals surface area contributed by atoms with Crippen LogP contribution in [-0.2, 0) is 4.79 Å². The van der Waals surface area contributed by atoms with E-state index in [1.165, 1.54) is 25.7 Å². The van der Waals surface area contributed by atoms with Crippen molar-refractivity contribution in [1.82, 2.24) is 4.90 Å². The van der Waals surface area contributed by atoms with E-state index in [0.29, 0.717) is 11.4 Å². The minimum absolute atomic E-state index is 0.303. The smallest absolute Gasteiger partial charge is 0.222 e. The Kier molecular flexibility index (Phi) is 1.44. The molecule has 0 aromatic carbocycles. The molecule has 2 nitrogen and oxygen atoms in total. The summed E-state index contributed by atoms with van der Waals surface area (Å²) in [5, 5.41) is 0. The van der Waals surface area contributed by atoms with Gasteiger partial charge in [0.25, 0.3) is 0 Å². The van der Waals surface area contributed by atoms with Crippen LogP contribution in [0.5, 0.6) is 0 Å². The zero-order chi connectivity index (χ0) is 7.90. The van der Waals surface area contributed by atoms with Crippen LogP contribution in [-0.4, -0.2) is 23.4 Å². The zero-order valence-electron chi connectivity index (χ0n) is 7.10. The highest BCUT2D eigenvalue weighted by atomic mass is 16.2. The van der Waals surface area contributed by atoms with Crippen LogP contribution in [0.25, 0.3) is 0 Å². The second-order valence-corrected chi connectivity index (χ2v) is 3.88. The van der Waals surface area contributed by atoms with Gasteiger partial charge in [0, 0.05) is 19.0 Å². The summed E-state index contributed by atoms with van der Waals surface area (Å²) < 4.78 is 0. The lowest BCUT2D eigenvalue weighted by Crippen LogP contribution is -2.40. The van der Waals surface area contributed by atoms with Crippen LogP contribution in [0.4, 0.5) is 0 Å². The van der Waals surface area contributed by atoms with Crippen molar-refractivity contribution in [2.24, 2.45) is 0 Å². The van der Waals surface area contributed by atoms with E-state index in [9.17, 15) is 4.79 Å². The fourth-order valence-corrected chi connectivity index (χ4v) is 2.56. The highest BCUT2D eigenvalue weighted by Crippen LogP contribution is 2.42. The molecule has 0 atom stereocenters. The van der Waals surface area contributed by atoms with Gasteiger partial charge < -0.3 is 4.90 Å². The third kappa shape index (κ3) is 0.883. The Morgan fingerprint density at radius 1 is 1.27 bits per heavy atom. The van der Waals surface area contributed by atoms with Crippen molar-refractivity contribution in [3.63, 3.8) is 0 Å². The quantitative estimate of drug-likeness (QED) is 0.517. The van der Waals surface area contributed by atoms with Crippen molar-refractivity contribution in [2.45, 2.75) is 44.1 Å². The van der Waals surface area contributed by atoms with Crippen LogP contribution < -0.4 is 0 Å². The van der Waals surface area contributed by atoms with Crippen molar-refractivity contribution in [2.75, 3.05) is 7.05 Å². The van der Waals surface area contributed by atoms with Gasteiger partial charge in [0.1, 0.15) is 0 Å². The molecule has 0 aromatic rings. The third-order valence-corrected chi connectivity index (χ3v) is 3.42. The average Bonchev–Trinajstić information content (AvgIpc) is 2.56. The number of carbonyl (C=O) groups excluding carboxylic acids is 1. The predicted molar refractivity (Wildman–Crippen MR) is 43.2 cm³/mol. The van der Waals surface area contributed by atoms with Crippen molar-refractivity contribution in [1.29, 1.82) is 0 Å². The molecule has 2 rings (SSSR count). The van der Waals surface area contributed by atoms with Crippen molar-refractivity contribution < 1.29 is 4.79 Å². The van der Waals surface area contributed by atoms with Gasteiger partial charge >= 0.3 is 0 Å². The molecular weight excluding hydrogens is 138 g/mol. The van der Waals surface area contributed by atoms with Gasteiger partial charge in [-0.05, 0) is 19.3 Å². The van der Waals surface area contributed by atoms with Crippen LogP contribution >= 0.6 is 0 Å². The second kappa shape index (κ2) is 2.23. The Morgan fingerprint density at radius 3 is 2.36 bits per heavy atom. The lowest BCUT2D eigenvalue weighted by molar-refractivity contribution is -0.129. The molecule has 1 heterocycles. The first-order valence-electron chi connectivity index (χ1n) is 4.51. The third-order valence-electron chi connectivity index (χ3n) is 3.42. The maximum Gasteiger partial charge on any atom is 0.222 e. The van der Waals surface area contributed by atoms with Gasteiger partial charge in [-0.25, -0.2) is 0 Å². The minimum Gasteiger partial charge on any atom is -0.340 e. The first-order valence-corrected chi connectivity index (χ1v) is 4.51. The molecule has 0 unspecified atom stereocenters. The fraction of sp³-hybridized carbons (Fsp3) is 0.889. The number of hydrogen-bond acceptors (Lipinski definition) is 1. The molecule has 2 aliphatic rings. The van der Waals surface area contributed by atoms with Gasteiger partial charge in [0.15, 0.2) is 0 Å². The molecule has 1 saturated carbocycles. The van der Waals surface area contributed by atoms with Crippen molar-refractivity contribution in [3.05, 3.63) is 0 Å². The summed E-state index contributed by atoms with van der Waals surface area (Å²) >= 11 is 0. The molecule has 1 aliphatic carbocycles. The highest BCUT2D eigenvalue weighted by molar-refractivity contribution is 5.79. The lowest BCUT2D eigenvalue weighted by atomic mass is 9.95. The van der Waals surface area contributed by atoms with E-state index in [0.717, 1.165) is 12.8 Å². The molecule has 62 valence electrons. The SMILES string of the molecule is CN1C(=O)CCC12CCCC2. The van der Waals surface area contributed by atoms with E-state index in [1.807, 2.05) is 11.9 Å². The van der Waals surface area contributed by atoms with Gasteiger partial charge in [0.2, 0.25) is 5.91 Å². The Labute approximate surface area is 67.6 Å². The summed E-state index contributed by atoms with van der Waals surface area (Å²) in [6.07, 6.45) is 7.03. The molecule has 0 aromatic heterocycles. The maximum absolute atomic E-state index is 11.3. The average molecular weight is 153 g/mol. The van der Waals surface area contributed by atoms with Gasteiger partial charge in [-0.1, -0.05) is 12.8 Å². The topological polar surface area (TPSA) is 20.3 Å². The Morgan fingerprint density at radius 2 is 1.91 bits per heavy atom. The summed E-state index contributed by atoms with van der Waals surface area (Å²) in [6, 6.07) is 0. The van der Waals surface area contributed by atoms with Gasteiger partial charge in [-0.3, -0.25) is 4.79 Å². The number of hydrogen-bond donors (Lipinski definition) is 0. The monoisotopic (exact) mass is 153 g/mol. The molecular formula is C9H15NO. The summed E-state index contributed by atoms with van der Waals surface area (Å²) in [5.74, 6) is 0.354. The Balaban J connectivity index is 2.19. The largest absolute Gasteiger partial charge is 0.340 e. The Hall–Kier alpha value is -0.530. The molecule has 2 heteroatoms. The van der Waals surface area contributed by atoms with Crippen LogP contribution in [0.15, 0.2) is 0 Å². The van der Waals surface area contributed by atoms with Crippen LogP contribution in [0, 0.1) is 0 Å². The van der Waals surface area contributed by atoms with Crippen LogP contribution in [0.2, 0.25) is 0 Å². The summed E-state index contributed by atoms with van der Waals surface area (Å²) in [4.78, 5) is 13.3. The summed E-state index contributed by atoms with van der Waals surface area (Å²) in [6.45, 7) is 0. The molecule has 0 N–H and O–H groups in total. The standard InChI is InChI=1S/C9H15NO/c1-10-8(11)4-7-9(10)5-2-3-6-9/h2-7H2,1H3. The molecule has 11 heavy (non-hydrogen) atoms. The van der Waals surface area contributed by atoms with E-state index in [-0.39, 0.29) is 0 Å². The van der Waals surface area contributed by atoms with Gasteiger partial charge in [-0.15, -0.1) is 0 Å². The number of carbonyl (C=O) groups is 1. The number of rotatable bonds is 0. The molecule has 1 saturated heterocycles. The van der Waals surface area contributed by atoms with E-state index < -0.39 is 0 Å². The summed E-state index contributed by atoms with van der Waals surface area (Å²) in [7, 11) is 1.97. The number of likely N-dealkylation sites (tertiary alicyclic amines) is 1. The molecule has 0 bridgehead atoms. The zero-order valence-corrected chi connectivity index (χ0v) is 7.10. The fourth-order valence-electron chi connectivity index (χ4n) is 2.56. The van der Waals surface area contributed by atoms with Crippen molar-refractivity contribution in [3.8, 4) is 0 Å². The van der Waals surface area contributed by atoms with Crippen LogP contribution in [0.3, 0.4) is 0 Å². The maximum atomic E-state index is 11.3. The van der Waals surface area contributed by atoms with Crippen molar-refractivity contribution >= 4 is 5.91 Å². The van der Waals surface area contributed by atoms with E-state index in [1.54, 1.807) is 0 Å². The highest BCUT2D eigenvalue weighted by Gasteiger charge is 2.44.